The summed E-state index contributed by atoms with van der Waals surface area (Å²) in [6.45, 7) is 6.19. The number of halogens is 3. The molecule has 2 heterocycles. The lowest BCUT2D eigenvalue weighted by Crippen LogP contribution is -2.33. The molecule has 172 valence electrons. The van der Waals surface area contributed by atoms with E-state index in [1.807, 2.05) is 6.92 Å². The summed E-state index contributed by atoms with van der Waals surface area (Å²) in [6.07, 6.45) is -1.62. The van der Waals surface area contributed by atoms with Gasteiger partial charge in [0, 0.05) is 11.6 Å². The van der Waals surface area contributed by atoms with E-state index in [-0.39, 0.29) is 40.3 Å². The van der Waals surface area contributed by atoms with Gasteiger partial charge in [0.2, 0.25) is 5.88 Å². The zero-order valence-corrected chi connectivity index (χ0v) is 18.1. The minimum absolute atomic E-state index is 0.0330. The Morgan fingerprint density at radius 2 is 1.84 bits per heavy atom. The van der Waals surface area contributed by atoms with Gasteiger partial charge in [-0.2, -0.15) is 13.2 Å². The van der Waals surface area contributed by atoms with Crippen LogP contribution in [0.1, 0.15) is 56.0 Å². The molecule has 0 radical (unpaired) electrons. The van der Waals surface area contributed by atoms with Crippen LogP contribution in [0.15, 0.2) is 45.3 Å². The van der Waals surface area contributed by atoms with Gasteiger partial charge < -0.3 is 20.0 Å². The largest absolute Gasteiger partial charge is 0.454 e. The van der Waals surface area contributed by atoms with Crippen molar-refractivity contribution >= 4 is 11.8 Å². The molecule has 3 rings (SSSR count). The Balaban J connectivity index is 1.80. The number of hydrogen-bond donors (Lipinski definition) is 2. The molecule has 2 aromatic heterocycles. The standard InChI is InChI=1S/C23H26F3N3O3/c1-13(2)6-4-7-14(3)28-22(30)19-20(29-32-21(19)27)18-11-10-17(31-18)15-8-5-9-16(12-15)23(24,25)26/h5,8-14H,4,6-7,27H2,1-3H3,(H,28,30). The average Bonchev–Trinajstić information content (AvgIpc) is 3.33. The molecule has 0 fully saturated rings. The molecule has 0 spiro atoms. The van der Waals surface area contributed by atoms with E-state index in [4.69, 9.17) is 14.7 Å². The third kappa shape index (κ3) is 5.52. The number of aromatic nitrogens is 1. The SMILES string of the molecule is CC(C)CCCC(C)NC(=O)c1c(-c2ccc(-c3cccc(C(F)(F)F)c3)o2)noc1N. The molecule has 0 saturated carbocycles. The van der Waals surface area contributed by atoms with Gasteiger partial charge in [0.1, 0.15) is 11.3 Å². The zero-order valence-electron chi connectivity index (χ0n) is 18.1. The molecule has 0 aliphatic rings. The highest BCUT2D eigenvalue weighted by Gasteiger charge is 2.31. The normalized spacial score (nSPS) is 12.8. The van der Waals surface area contributed by atoms with E-state index < -0.39 is 17.6 Å². The number of alkyl halides is 3. The van der Waals surface area contributed by atoms with E-state index in [0.717, 1.165) is 31.4 Å². The van der Waals surface area contributed by atoms with Crippen LogP contribution >= 0.6 is 0 Å². The fourth-order valence-electron chi connectivity index (χ4n) is 3.36. The van der Waals surface area contributed by atoms with Gasteiger partial charge in [0.05, 0.1) is 5.56 Å². The van der Waals surface area contributed by atoms with E-state index in [0.29, 0.717) is 5.92 Å². The van der Waals surface area contributed by atoms with E-state index in [2.05, 4.69) is 24.3 Å². The number of nitrogens with two attached hydrogens (primary N) is 1. The second-order valence-corrected chi connectivity index (χ2v) is 8.21. The summed E-state index contributed by atoms with van der Waals surface area (Å²) >= 11 is 0. The first-order chi connectivity index (χ1) is 15.1. The number of nitrogen functional groups attached to an aromatic ring is 1. The van der Waals surface area contributed by atoms with Crippen molar-refractivity contribution in [2.75, 3.05) is 5.73 Å². The average molecular weight is 449 g/mol. The monoisotopic (exact) mass is 449 g/mol. The van der Waals surface area contributed by atoms with Crippen LogP contribution in [0.3, 0.4) is 0 Å². The molecule has 3 aromatic rings. The molecular weight excluding hydrogens is 423 g/mol. The van der Waals surface area contributed by atoms with Crippen LogP contribution in [-0.4, -0.2) is 17.1 Å². The number of furan rings is 1. The van der Waals surface area contributed by atoms with Gasteiger partial charge >= 0.3 is 6.18 Å². The lowest BCUT2D eigenvalue weighted by atomic mass is 10.0. The highest BCUT2D eigenvalue weighted by atomic mass is 19.4. The van der Waals surface area contributed by atoms with Gasteiger partial charge in [-0.25, -0.2) is 0 Å². The molecule has 0 aliphatic carbocycles. The Morgan fingerprint density at radius 1 is 1.12 bits per heavy atom. The summed E-state index contributed by atoms with van der Waals surface area (Å²) < 4.78 is 49.7. The van der Waals surface area contributed by atoms with Gasteiger partial charge in [-0.1, -0.05) is 44.0 Å². The number of anilines is 1. The Morgan fingerprint density at radius 3 is 2.53 bits per heavy atom. The van der Waals surface area contributed by atoms with Gasteiger partial charge in [0.25, 0.3) is 5.91 Å². The Bertz CT molecular complexity index is 1070. The fraction of sp³-hybridized carbons (Fsp3) is 0.391. The molecule has 9 heteroatoms. The van der Waals surface area contributed by atoms with Crippen molar-refractivity contribution in [1.29, 1.82) is 0 Å². The van der Waals surface area contributed by atoms with Gasteiger partial charge in [-0.15, -0.1) is 0 Å². The zero-order chi connectivity index (χ0) is 23.5. The lowest BCUT2D eigenvalue weighted by Gasteiger charge is -2.14. The molecule has 0 saturated heterocycles. The first kappa shape index (κ1) is 23.4. The molecule has 32 heavy (non-hydrogen) atoms. The minimum atomic E-state index is -4.47. The number of benzene rings is 1. The van der Waals surface area contributed by atoms with E-state index in [1.54, 1.807) is 0 Å². The van der Waals surface area contributed by atoms with Crippen LogP contribution in [0.4, 0.5) is 19.1 Å². The van der Waals surface area contributed by atoms with E-state index in [9.17, 15) is 18.0 Å². The maximum absolute atomic E-state index is 13.0. The molecule has 1 aromatic carbocycles. The molecule has 1 atom stereocenters. The van der Waals surface area contributed by atoms with Crippen molar-refractivity contribution in [3.8, 4) is 22.8 Å². The smallest absolute Gasteiger partial charge is 0.416 e. The number of carbonyl (C=O) groups excluding carboxylic acids is 1. The third-order valence-corrected chi connectivity index (χ3v) is 5.06. The fourth-order valence-corrected chi connectivity index (χ4v) is 3.36. The molecular formula is C23H26F3N3O3. The highest BCUT2D eigenvalue weighted by molar-refractivity contribution is 6.03. The molecule has 3 N–H and O–H groups in total. The van der Waals surface area contributed by atoms with Crippen molar-refractivity contribution in [2.24, 2.45) is 5.92 Å². The van der Waals surface area contributed by atoms with E-state index >= 15 is 0 Å². The van der Waals surface area contributed by atoms with Crippen LogP contribution in [0.2, 0.25) is 0 Å². The van der Waals surface area contributed by atoms with Crippen molar-refractivity contribution in [3.05, 3.63) is 47.5 Å². The van der Waals surface area contributed by atoms with Gasteiger partial charge in [-0.05, 0) is 43.5 Å². The number of rotatable bonds is 8. The predicted octanol–water partition coefficient (Wildman–Crippen LogP) is 6.15. The van der Waals surface area contributed by atoms with Crippen molar-refractivity contribution in [3.63, 3.8) is 0 Å². The number of nitrogens with one attached hydrogen (secondary N) is 1. The lowest BCUT2D eigenvalue weighted by molar-refractivity contribution is -0.137. The molecule has 1 unspecified atom stereocenters. The Kier molecular flexibility index (Phi) is 6.96. The topological polar surface area (TPSA) is 94.3 Å². The molecule has 0 aliphatic heterocycles. The van der Waals surface area contributed by atoms with Crippen molar-refractivity contribution in [1.82, 2.24) is 10.5 Å². The van der Waals surface area contributed by atoms with Crippen LogP contribution < -0.4 is 11.1 Å². The number of carbonyl (C=O) groups is 1. The summed E-state index contributed by atoms with van der Waals surface area (Å²) in [6, 6.07) is 7.71. The summed E-state index contributed by atoms with van der Waals surface area (Å²) in [5.41, 5.74) is 5.40. The maximum atomic E-state index is 13.0. The minimum Gasteiger partial charge on any atom is -0.454 e. The second-order valence-electron chi connectivity index (χ2n) is 8.21. The summed E-state index contributed by atoms with van der Waals surface area (Å²) in [5.74, 6) is 0.330. The Hall–Kier alpha value is -3.23. The summed E-state index contributed by atoms with van der Waals surface area (Å²) in [5, 5.41) is 6.71. The highest BCUT2D eigenvalue weighted by Crippen LogP contribution is 2.35. The second kappa shape index (κ2) is 9.50. The quantitative estimate of drug-likeness (QED) is 0.430. The first-order valence-corrected chi connectivity index (χ1v) is 10.4. The van der Waals surface area contributed by atoms with Crippen LogP contribution in [-0.2, 0) is 6.18 Å². The van der Waals surface area contributed by atoms with Crippen LogP contribution in [0.25, 0.3) is 22.8 Å². The van der Waals surface area contributed by atoms with Crippen molar-refractivity contribution < 1.29 is 26.9 Å². The number of nitrogens with zero attached hydrogens (tertiary/aromatic N) is 1. The number of amides is 1. The van der Waals surface area contributed by atoms with Gasteiger partial charge in [-0.3, -0.25) is 4.79 Å². The first-order valence-electron chi connectivity index (χ1n) is 10.4. The Labute approximate surface area is 184 Å². The summed E-state index contributed by atoms with van der Waals surface area (Å²) in [7, 11) is 0. The van der Waals surface area contributed by atoms with Crippen LogP contribution in [0, 0.1) is 5.92 Å². The molecule has 6 nitrogen and oxygen atoms in total. The third-order valence-electron chi connectivity index (χ3n) is 5.06. The summed E-state index contributed by atoms with van der Waals surface area (Å²) in [4.78, 5) is 12.8. The van der Waals surface area contributed by atoms with Gasteiger partial charge in [0.15, 0.2) is 11.5 Å². The van der Waals surface area contributed by atoms with E-state index in [1.165, 1.54) is 24.3 Å². The maximum Gasteiger partial charge on any atom is 0.416 e. The predicted molar refractivity (Wildman–Crippen MR) is 115 cm³/mol. The number of hydrogen-bond acceptors (Lipinski definition) is 5. The molecule has 1 amide bonds. The molecule has 0 bridgehead atoms. The van der Waals surface area contributed by atoms with Crippen molar-refractivity contribution in [2.45, 2.75) is 52.3 Å². The van der Waals surface area contributed by atoms with Crippen LogP contribution in [0.5, 0.6) is 0 Å².